The highest BCUT2D eigenvalue weighted by Gasteiger charge is 2.15. The summed E-state index contributed by atoms with van der Waals surface area (Å²) < 4.78 is 26.9. The quantitative estimate of drug-likeness (QED) is 0.794. The zero-order valence-electron chi connectivity index (χ0n) is 8.56. The SMILES string of the molecule is Cc1ncn(-c2ccc(N)cc2C(F)F)n1. The van der Waals surface area contributed by atoms with Crippen LogP contribution in [0.15, 0.2) is 24.5 Å². The van der Waals surface area contributed by atoms with Crippen molar-refractivity contribution in [1.29, 1.82) is 0 Å². The van der Waals surface area contributed by atoms with Crippen LogP contribution in [0, 0.1) is 6.92 Å². The molecule has 2 aromatic rings. The molecule has 0 radical (unpaired) electrons. The summed E-state index contributed by atoms with van der Waals surface area (Å²) in [6.07, 6.45) is -1.20. The average Bonchev–Trinajstić information content (AvgIpc) is 2.64. The van der Waals surface area contributed by atoms with Crippen LogP contribution >= 0.6 is 0 Å². The highest BCUT2D eigenvalue weighted by molar-refractivity contribution is 5.51. The van der Waals surface area contributed by atoms with Gasteiger partial charge < -0.3 is 5.73 Å². The lowest BCUT2D eigenvalue weighted by molar-refractivity contribution is 0.151. The van der Waals surface area contributed by atoms with Crippen molar-refractivity contribution in [3.8, 4) is 5.69 Å². The summed E-state index contributed by atoms with van der Waals surface area (Å²) in [5.74, 6) is 0.525. The third-order valence-corrected chi connectivity index (χ3v) is 2.14. The zero-order valence-corrected chi connectivity index (χ0v) is 8.56. The molecule has 2 N–H and O–H groups in total. The fourth-order valence-corrected chi connectivity index (χ4v) is 1.42. The van der Waals surface area contributed by atoms with Crippen molar-refractivity contribution in [3.63, 3.8) is 0 Å². The number of nitrogens with zero attached hydrogens (tertiary/aromatic N) is 3. The zero-order chi connectivity index (χ0) is 11.7. The van der Waals surface area contributed by atoms with E-state index in [-0.39, 0.29) is 5.56 Å². The number of alkyl halides is 2. The summed E-state index contributed by atoms with van der Waals surface area (Å²) in [6, 6.07) is 4.31. The summed E-state index contributed by atoms with van der Waals surface area (Å²) in [7, 11) is 0. The Morgan fingerprint density at radius 1 is 1.38 bits per heavy atom. The Balaban J connectivity index is 2.56. The predicted octanol–water partition coefficient (Wildman–Crippen LogP) is 2.10. The number of halogens is 2. The fourth-order valence-electron chi connectivity index (χ4n) is 1.42. The van der Waals surface area contributed by atoms with E-state index in [0.717, 1.165) is 0 Å². The van der Waals surface area contributed by atoms with Gasteiger partial charge in [-0.25, -0.2) is 18.4 Å². The number of hydrogen-bond acceptors (Lipinski definition) is 3. The van der Waals surface area contributed by atoms with E-state index in [1.165, 1.54) is 23.1 Å². The molecular weight excluding hydrogens is 214 g/mol. The first-order valence-corrected chi connectivity index (χ1v) is 4.64. The molecule has 0 unspecified atom stereocenters. The lowest BCUT2D eigenvalue weighted by atomic mass is 10.1. The van der Waals surface area contributed by atoms with Crippen LogP contribution in [0.5, 0.6) is 0 Å². The standard InChI is InChI=1S/C10H10F2N4/c1-6-14-5-16(15-6)9-3-2-7(13)4-8(9)10(11)12/h2-5,10H,13H2,1H3. The van der Waals surface area contributed by atoms with Gasteiger partial charge in [0.25, 0.3) is 6.43 Å². The Kier molecular flexibility index (Phi) is 2.55. The monoisotopic (exact) mass is 224 g/mol. The van der Waals surface area contributed by atoms with Crippen molar-refractivity contribution in [3.05, 3.63) is 35.9 Å². The molecule has 0 bridgehead atoms. The first-order valence-electron chi connectivity index (χ1n) is 4.64. The highest BCUT2D eigenvalue weighted by atomic mass is 19.3. The molecule has 0 aliphatic rings. The molecule has 0 spiro atoms. The molecule has 0 atom stereocenters. The number of nitrogen functional groups attached to an aromatic ring is 1. The largest absolute Gasteiger partial charge is 0.399 e. The van der Waals surface area contributed by atoms with Gasteiger partial charge in [-0.3, -0.25) is 0 Å². The molecular formula is C10H10F2N4. The van der Waals surface area contributed by atoms with Crippen molar-refractivity contribution < 1.29 is 8.78 Å². The molecule has 4 nitrogen and oxygen atoms in total. The molecule has 0 saturated carbocycles. The number of rotatable bonds is 2. The third kappa shape index (κ3) is 1.86. The van der Waals surface area contributed by atoms with Crippen molar-refractivity contribution in [2.45, 2.75) is 13.3 Å². The lowest BCUT2D eigenvalue weighted by Crippen LogP contribution is -2.02. The Morgan fingerprint density at radius 2 is 2.12 bits per heavy atom. The molecule has 2 rings (SSSR count). The first-order chi connectivity index (χ1) is 7.58. The maximum Gasteiger partial charge on any atom is 0.266 e. The fraction of sp³-hybridized carbons (Fsp3) is 0.200. The van der Waals surface area contributed by atoms with Crippen molar-refractivity contribution in [1.82, 2.24) is 14.8 Å². The summed E-state index contributed by atoms with van der Waals surface area (Å²) >= 11 is 0. The number of anilines is 1. The highest BCUT2D eigenvalue weighted by Crippen LogP contribution is 2.27. The Labute approximate surface area is 90.7 Å². The summed E-state index contributed by atoms with van der Waals surface area (Å²) in [5, 5.41) is 3.99. The summed E-state index contributed by atoms with van der Waals surface area (Å²) in [6.45, 7) is 1.69. The van der Waals surface area contributed by atoms with Gasteiger partial charge in [0.1, 0.15) is 12.2 Å². The van der Waals surface area contributed by atoms with Gasteiger partial charge in [-0.2, -0.15) is 5.10 Å². The number of nitrogens with two attached hydrogens (primary N) is 1. The van der Waals surface area contributed by atoms with E-state index in [0.29, 0.717) is 17.2 Å². The van der Waals surface area contributed by atoms with Gasteiger partial charge in [0.15, 0.2) is 0 Å². The minimum atomic E-state index is -2.59. The van der Waals surface area contributed by atoms with E-state index >= 15 is 0 Å². The van der Waals surface area contributed by atoms with Crippen molar-refractivity contribution in [2.24, 2.45) is 0 Å². The Hall–Kier alpha value is -1.98. The molecule has 0 amide bonds. The van der Waals surface area contributed by atoms with E-state index in [1.54, 1.807) is 13.0 Å². The second-order valence-corrected chi connectivity index (χ2v) is 3.36. The average molecular weight is 224 g/mol. The number of aromatic nitrogens is 3. The maximum absolute atomic E-state index is 12.8. The number of aryl methyl sites for hydroxylation is 1. The van der Waals surface area contributed by atoms with Gasteiger partial charge >= 0.3 is 0 Å². The topological polar surface area (TPSA) is 56.7 Å². The van der Waals surface area contributed by atoms with Gasteiger partial charge in [0.05, 0.1) is 5.69 Å². The minimum absolute atomic E-state index is 0.148. The van der Waals surface area contributed by atoms with Crippen LogP contribution in [0.1, 0.15) is 17.8 Å². The summed E-state index contributed by atoms with van der Waals surface area (Å²) in [4.78, 5) is 3.89. The number of benzene rings is 1. The Bertz CT molecular complexity index is 507. The molecule has 6 heteroatoms. The normalized spacial score (nSPS) is 11.0. The first kappa shape index (κ1) is 10.5. The molecule has 84 valence electrons. The van der Waals surface area contributed by atoms with Crippen LogP contribution in [0.25, 0.3) is 5.69 Å². The lowest BCUT2D eigenvalue weighted by Gasteiger charge is -2.08. The van der Waals surface area contributed by atoms with Gasteiger partial charge in [0.2, 0.25) is 0 Å². The molecule has 0 fully saturated rings. The van der Waals surface area contributed by atoms with Crippen LogP contribution in [0.3, 0.4) is 0 Å². The second kappa shape index (κ2) is 3.88. The van der Waals surface area contributed by atoms with Gasteiger partial charge in [-0.1, -0.05) is 0 Å². The predicted molar refractivity (Wildman–Crippen MR) is 55.5 cm³/mol. The molecule has 1 aromatic heterocycles. The second-order valence-electron chi connectivity index (χ2n) is 3.36. The van der Waals surface area contributed by atoms with Crippen LogP contribution in [0.4, 0.5) is 14.5 Å². The molecule has 16 heavy (non-hydrogen) atoms. The minimum Gasteiger partial charge on any atom is -0.399 e. The van der Waals surface area contributed by atoms with Gasteiger partial charge in [0, 0.05) is 11.3 Å². The molecule has 0 saturated heterocycles. The molecule has 0 aliphatic carbocycles. The van der Waals surface area contributed by atoms with Crippen molar-refractivity contribution in [2.75, 3.05) is 5.73 Å². The van der Waals surface area contributed by atoms with E-state index in [9.17, 15) is 8.78 Å². The number of hydrogen-bond donors (Lipinski definition) is 1. The van der Waals surface area contributed by atoms with E-state index in [1.807, 2.05) is 0 Å². The van der Waals surface area contributed by atoms with E-state index in [2.05, 4.69) is 10.1 Å². The Morgan fingerprint density at radius 3 is 2.69 bits per heavy atom. The van der Waals surface area contributed by atoms with Gasteiger partial charge in [-0.05, 0) is 25.1 Å². The van der Waals surface area contributed by atoms with E-state index in [4.69, 9.17) is 5.73 Å². The summed E-state index contributed by atoms with van der Waals surface area (Å²) in [5.41, 5.74) is 5.92. The molecule has 1 aromatic carbocycles. The van der Waals surface area contributed by atoms with Crippen LogP contribution < -0.4 is 5.73 Å². The van der Waals surface area contributed by atoms with E-state index < -0.39 is 6.43 Å². The smallest absolute Gasteiger partial charge is 0.266 e. The maximum atomic E-state index is 12.8. The third-order valence-electron chi connectivity index (χ3n) is 2.14. The van der Waals surface area contributed by atoms with Gasteiger partial charge in [-0.15, -0.1) is 0 Å². The van der Waals surface area contributed by atoms with Crippen LogP contribution in [-0.4, -0.2) is 14.8 Å². The van der Waals surface area contributed by atoms with Crippen molar-refractivity contribution >= 4 is 5.69 Å². The van der Waals surface area contributed by atoms with Crippen LogP contribution in [0.2, 0.25) is 0 Å². The molecule has 1 heterocycles. The van der Waals surface area contributed by atoms with Crippen LogP contribution in [-0.2, 0) is 0 Å². The molecule has 0 aliphatic heterocycles.